The number of halogens is 1. The van der Waals surface area contributed by atoms with Gasteiger partial charge in [0.1, 0.15) is 17.2 Å². The van der Waals surface area contributed by atoms with Crippen LogP contribution >= 0.6 is 12.4 Å². The Balaban J connectivity index is 0.00000272. The van der Waals surface area contributed by atoms with Crippen molar-refractivity contribution in [3.05, 3.63) is 66.5 Å². The number of nitrogens with zero attached hydrogens (tertiary/aromatic N) is 3. The van der Waals surface area contributed by atoms with Crippen molar-refractivity contribution in [2.45, 2.75) is 0 Å². The van der Waals surface area contributed by atoms with Crippen molar-refractivity contribution in [1.82, 2.24) is 9.47 Å². The number of methoxy groups -OCH3 is 2. The SMILES string of the molecule is COc1cc(OC)cc(N2CCN(C(=O)c3c(-c4ccccc4)ccn3C)CC2)c1.Cl. The highest BCUT2D eigenvalue weighted by atomic mass is 35.5. The van der Waals surface area contributed by atoms with Crippen LogP contribution in [0.4, 0.5) is 5.69 Å². The van der Waals surface area contributed by atoms with E-state index in [9.17, 15) is 4.79 Å². The van der Waals surface area contributed by atoms with Crippen molar-refractivity contribution in [3.8, 4) is 22.6 Å². The zero-order chi connectivity index (χ0) is 21.1. The van der Waals surface area contributed by atoms with Crippen LogP contribution in [0.1, 0.15) is 10.5 Å². The molecule has 1 aliphatic rings. The molecule has 31 heavy (non-hydrogen) atoms. The van der Waals surface area contributed by atoms with E-state index in [-0.39, 0.29) is 18.3 Å². The van der Waals surface area contributed by atoms with Crippen LogP contribution in [0.3, 0.4) is 0 Å². The third kappa shape index (κ3) is 4.64. The number of aromatic nitrogens is 1. The van der Waals surface area contributed by atoms with Gasteiger partial charge in [-0.05, 0) is 11.6 Å². The van der Waals surface area contributed by atoms with E-state index < -0.39 is 0 Å². The number of benzene rings is 2. The normalized spacial score (nSPS) is 13.5. The summed E-state index contributed by atoms with van der Waals surface area (Å²) in [6.45, 7) is 2.84. The van der Waals surface area contributed by atoms with Crippen LogP contribution < -0.4 is 14.4 Å². The molecule has 1 saturated heterocycles. The first-order chi connectivity index (χ1) is 14.6. The van der Waals surface area contributed by atoms with Gasteiger partial charge in [0, 0.05) is 68.9 Å². The van der Waals surface area contributed by atoms with E-state index in [1.807, 2.05) is 77.3 Å². The van der Waals surface area contributed by atoms with Crippen LogP contribution in [0, 0.1) is 0 Å². The number of amides is 1. The summed E-state index contributed by atoms with van der Waals surface area (Å²) < 4.78 is 12.7. The van der Waals surface area contributed by atoms with E-state index in [4.69, 9.17) is 9.47 Å². The lowest BCUT2D eigenvalue weighted by Crippen LogP contribution is -2.49. The summed E-state index contributed by atoms with van der Waals surface area (Å²) >= 11 is 0. The van der Waals surface area contributed by atoms with E-state index in [1.165, 1.54) is 0 Å². The molecule has 6 nitrogen and oxygen atoms in total. The summed E-state index contributed by atoms with van der Waals surface area (Å²) in [5.74, 6) is 1.60. The Labute approximate surface area is 189 Å². The highest BCUT2D eigenvalue weighted by molar-refractivity contribution is 5.99. The number of piperazine rings is 1. The van der Waals surface area contributed by atoms with E-state index in [0.717, 1.165) is 47.1 Å². The smallest absolute Gasteiger partial charge is 0.271 e. The van der Waals surface area contributed by atoms with E-state index in [1.54, 1.807) is 14.2 Å². The average molecular weight is 442 g/mol. The monoisotopic (exact) mass is 441 g/mol. The minimum absolute atomic E-state index is 0. The number of hydrogen-bond donors (Lipinski definition) is 0. The summed E-state index contributed by atoms with van der Waals surface area (Å²) in [5.41, 5.74) is 3.81. The molecule has 0 saturated carbocycles. The lowest BCUT2D eigenvalue weighted by atomic mass is 10.1. The second-order valence-corrected chi connectivity index (χ2v) is 7.41. The molecule has 0 aliphatic carbocycles. The van der Waals surface area contributed by atoms with Crippen LogP contribution in [0.2, 0.25) is 0 Å². The molecule has 7 heteroatoms. The van der Waals surface area contributed by atoms with Gasteiger partial charge in [-0.15, -0.1) is 12.4 Å². The molecule has 1 amide bonds. The van der Waals surface area contributed by atoms with Crippen molar-refractivity contribution in [1.29, 1.82) is 0 Å². The van der Waals surface area contributed by atoms with Crippen LogP contribution in [-0.2, 0) is 7.05 Å². The highest BCUT2D eigenvalue weighted by Gasteiger charge is 2.26. The molecule has 0 atom stereocenters. The topological polar surface area (TPSA) is 46.9 Å². The maximum Gasteiger partial charge on any atom is 0.271 e. The average Bonchev–Trinajstić information content (AvgIpc) is 3.20. The number of rotatable bonds is 5. The summed E-state index contributed by atoms with van der Waals surface area (Å²) in [4.78, 5) is 17.6. The van der Waals surface area contributed by atoms with Gasteiger partial charge in [-0.3, -0.25) is 4.79 Å². The summed E-state index contributed by atoms with van der Waals surface area (Å²) in [6, 6.07) is 18.0. The number of anilines is 1. The fraction of sp³-hybridized carbons (Fsp3) is 0.292. The lowest BCUT2D eigenvalue weighted by Gasteiger charge is -2.36. The standard InChI is InChI=1S/C24H27N3O3.ClH/c1-25-10-9-22(18-7-5-4-6-8-18)23(25)24(28)27-13-11-26(12-14-27)19-15-20(29-2)17-21(16-19)30-3;/h4-10,15-17H,11-14H2,1-3H3;1H. The second-order valence-electron chi connectivity index (χ2n) is 7.41. The third-order valence-electron chi connectivity index (χ3n) is 5.63. The molecule has 2 heterocycles. The first-order valence-electron chi connectivity index (χ1n) is 10.1. The molecule has 2 aromatic carbocycles. The summed E-state index contributed by atoms with van der Waals surface area (Å²) in [7, 11) is 5.23. The van der Waals surface area contributed by atoms with Crippen LogP contribution in [0.5, 0.6) is 11.5 Å². The first kappa shape index (κ1) is 22.6. The number of aryl methyl sites for hydroxylation is 1. The van der Waals surface area contributed by atoms with Crippen LogP contribution in [0.15, 0.2) is 60.8 Å². The van der Waals surface area contributed by atoms with Gasteiger partial charge in [-0.2, -0.15) is 0 Å². The maximum atomic E-state index is 13.4. The molecule has 0 unspecified atom stereocenters. The van der Waals surface area contributed by atoms with Crippen molar-refractivity contribution >= 4 is 24.0 Å². The Kier molecular flexibility index (Phi) is 7.13. The molecule has 0 bridgehead atoms. The predicted molar refractivity (Wildman–Crippen MR) is 126 cm³/mol. The van der Waals surface area contributed by atoms with Gasteiger partial charge in [0.25, 0.3) is 5.91 Å². The molecule has 164 valence electrons. The first-order valence-corrected chi connectivity index (χ1v) is 10.1. The zero-order valence-electron chi connectivity index (χ0n) is 18.1. The quantitative estimate of drug-likeness (QED) is 0.598. The summed E-state index contributed by atoms with van der Waals surface area (Å²) in [6.07, 6.45) is 1.95. The molecule has 0 spiro atoms. The van der Waals surface area contributed by atoms with Gasteiger partial charge in [0.2, 0.25) is 0 Å². The minimum atomic E-state index is 0. The number of carbonyl (C=O) groups excluding carboxylic acids is 1. The number of hydrogen-bond acceptors (Lipinski definition) is 4. The molecule has 0 N–H and O–H groups in total. The Morgan fingerprint density at radius 3 is 2.06 bits per heavy atom. The fourth-order valence-corrected chi connectivity index (χ4v) is 3.94. The van der Waals surface area contributed by atoms with Gasteiger partial charge in [-0.1, -0.05) is 30.3 Å². The van der Waals surface area contributed by atoms with E-state index >= 15 is 0 Å². The molecule has 1 fully saturated rings. The Bertz CT molecular complexity index is 1010. The van der Waals surface area contributed by atoms with Gasteiger partial charge in [0.15, 0.2) is 0 Å². The van der Waals surface area contributed by atoms with Gasteiger partial charge in [0.05, 0.1) is 14.2 Å². The molecule has 1 aliphatic heterocycles. The molecular formula is C24H28ClN3O3. The molecular weight excluding hydrogens is 414 g/mol. The van der Waals surface area contributed by atoms with E-state index in [2.05, 4.69) is 4.90 Å². The second kappa shape index (κ2) is 9.79. The summed E-state index contributed by atoms with van der Waals surface area (Å²) in [5, 5.41) is 0. The Hall–Kier alpha value is -3.12. The van der Waals surface area contributed by atoms with Crippen LogP contribution in [0.25, 0.3) is 11.1 Å². The number of ether oxygens (including phenoxy) is 2. The van der Waals surface area contributed by atoms with Gasteiger partial charge in [-0.25, -0.2) is 0 Å². The van der Waals surface area contributed by atoms with Gasteiger partial charge < -0.3 is 23.8 Å². The van der Waals surface area contributed by atoms with Crippen molar-refractivity contribution in [3.63, 3.8) is 0 Å². The predicted octanol–water partition coefficient (Wildman–Crippen LogP) is 4.09. The fourth-order valence-electron chi connectivity index (χ4n) is 3.94. The molecule has 0 radical (unpaired) electrons. The van der Waals surface area contributed by atoms with Gasteiger partial charge >= 0.3 is 0 Å². The highest BCUT2D eigenvalue weighted by Crippen LogP contribution is 2.30. The third-order valence-corrected chi connectivity index (χ3v) is 5.63. The largest absolute Gasteiger partial charge is 0.497 e. The molecule has 4 rings (SSSR count). The number of carbonyl (C=O) groups is 1. The van der Waals surface area contributed by atoms with Crippen molar-refractivity contribution < 1.29 is 14.3 Å². The lowest BCUT2D eigenvalue weighted by molar-refractivity contribution is 0.0738. The Morgan fingerprint density at radius 2 is 1.48 bits per heavy atom. The molecule has 1 aromatic heterocycles. The van der Waals surface area contributed by atoms with Crippen molar-refractivity contribution in [2.75, 3.05) is 45.3 Å². The van der Waals surface area contributed by atoms with E-state index in [0.29, 0.717) is 13.1 Å². The molecule has 3 aromatic rings. The van der Waals surface area contributed by atoms with Crippen molar-refractivity contribution in [2.24, 2.45) is 7.05 Å². The van der Waals surface area contributed by atoms with Crippen LogP contribution in [-0.4, -0.2) is 55.8 Å². The maximum absolute atomic E-state index is 13.4. The Morgan fingerprint density at radius 1 is 0.871 bits per heavy atom. The zero-order valence-corrected chi connectivity index (χ0v) is 18.9. The minimum Gasteiger partial charge on any atom is -0.497 e.